The molecule has 0 aliphatic rings. The second-order valence-corrected chi connectivity index (χ2v) is 24.9. The Morgan fingerprint density at radius 2 is 0.556 bits per heavy atom. The van der Waals surface area contributed by atoms with E-state index in [1.165, 1.54) is 58.7 Å². The third kappa shape index (κ3) is 37.7. The van der Waals surface area contributed by atoms with Gasteiger partial charge in [-0.1, -0.05) is 103 Å². The Morgan fingerprint density at radius 3 is 0.778 bits per heavy atom. The molecule has 408 valence electrons. The van der Waals surface area contributed by atoms with E-state index in [-0.39, 0.29) is 0 Å². The summed E-state index contributed by atoms with van der Waals surface area (Å²) < 4.78 is 51.6. The van der Waals surface area contributed by atoms with Crippen molar-refractivity contribution in [2.75, 3.05) is 11.5 Å². The van der Waals surface area contributed by atoms with Crippen LogP contribution in [0.4, 0.5) is 0 Å². The van der Waals surface area contributed by atoms with Gasteiger partial charge >= 0.3 is 0 Å². The maximum atomic E-state index is 12.9. The average Bonchev–Trinajstić information content (AvgIpc) is 3.22. The molecular formula is C60H96O10S2. The standard InChI is InChI=1S/2C30H48O5S/c2*1-22(2)12-9-15-25(7)18-28(31)29(32)20-27(17-11-14-24(5)6)21-36(34,35)30(33)19-26(8)16-10-13-23(3)4/h2*12-14,18-20,28,30-31,33H,9-11,15-17,21H2,1-8H3/b2*25-18+,26-19+,27-20+. The largest absolute Gasteiger partial charge is 0.381 e. The van der Waals surface area contributed by atoms with Crippen molar-refractivity contribution < 1.29 is 46.9 Å². The third-order valence-electron chi connectivity index (χ3n) is 10.9. The highest BCUT2D eigenvalue weighted by molar-refractivity contribution is 7.92. The van der Waals surface area contributed by atoms with E-state index in [1.807, 2.05) is 109 Å². The summed E-state index contributed by atoms with van der Waals surface area (Å²) in [6.07, 6.45) is 25.7. The Balaban J connectivity index is 0. The molecule has 0 aromatic heterocycles. The van der Waals surface area contributed by atoms with Crippen LogP contribution in [-0.2, 0) is 29.3 Å². The van der Waals surface area contributed by atoms with Crippen molar-refractivity contribution >= 4 is 31.2 Å². The number of hydrogen-bond donors (Lipinski definition) is 4. The molecule has 0 saturated heterocycles. The lowest BCUT2D eigenvalue weighted by molar-refractivity contribution is -0.120. The van der Waals surface area contributed by atoms with Crippen LogP contribution >= 0.6 is 0 Å². The Hall–Kier alpha value is -4.04. The minimum Gasteiger partial charge on any atom is -0.381 e. The fourth-order valence-electron chi connectivity index (χ4n) is 6.81. The molecule has 0 fully saturated rings. The van der Waals surface area contributed by atoms with Crippen LogP contribution in [-0.4, -0.2) is 83.4 Å². The first kappa shape index (κ1) is 70.0. The second kappa shape index (κ2) is 37.7. The Kier molecular flexibility index (Phi) is 36.6. The highest BCUT2D eigenvalue weighted by Crippen LogP contribution is 2.20. The molecular weight excluding hydrogens is 945 g/mol. The van der Waals surface area contributed by atoms with Gasteiger partial charge in [0.25, 0.3) is 0 Å². The van der Waals surface area contributed by atoms with Gasteiger partial charge in [-0.15, -0.1) is 0 Å². The van der Waals surface area contributed by atoms with Gasteiger partial charge in [-0.25, -0.2) is 16.8 Å². The van der Waals surface area contributed by atoms with Gasteiger partial charge in [-0.3, -0.25) is 9.59 Å². The van der Waals surface area contributed by atoms with Gasteiger partial charge < -0.3 is 20.4 Å². The van der Waals surface area contributed by atoms with Gasteiger partial charge in [-0.2, -0.15) is 0 Å². The Bertz CT molecular complexity index is 2150. The van der Waals surface area contributed by atoms with Crippen LogP contribution in [0.5, 0.6) is 0 Å². The lowest BCUT2D eigenvalue weighted by atomic mass is 10.0. The van der Waals surface area contributed by atoms with E-state index in [0.29, 0.717) is 49.7 Å². The van der Waals surface area contributed by atoms with Gasteiger partial charge in [-0.05, 0) is 224 Å². The molecule has 4 unspecified atom stereocenters. The van der Waals surface area contributed by atoms with Gasteiger partial charge in [0.2, 0.25) is 0 Å². The molecule has 0 aromatic rings. The van der Waals surface area contributed by atoms with Crippen LogP contribution in [0.15, 0.2) is 140 Å². The zero-order valence-electron chi connectivity index (χ0n) is 47.2. The van der Waals surface area contributed by atoms with E-state index >= 15 is 0 Å². The summed E-state index contributed by atoms with van der Waals surface area (Å²) in [7, 11) is -7.88. The summed E-state index contributed by atoms with van der Waals surface area (Å²) in [6.45, 7) is 31.2. The lowest BCUT2D eigenvalue weighted by Crippen LogP contribution is -2.24. The molecule has 0 heterocycles. The SMILES string of the molecule is CC(C)=CCC/C(C)=C/C(O)C(=O)/C=C(\CCC=C(C)C)CS(=O)(=O)C(O)/C=C(\C)CCC=C(C)C.CC(C)=CCC/C(C)=C/C(O)C(=O)/C=C(\CCC=C(C)C)CS(=O)(=O)C(O)/C=C(\C)CCC=C(C)C. The minimum absolute atomic E-state index is 0.349. The van der Waals surface area contributed by atoms with Crippen LogP contribution in [0.25, 0.3) is 0 Å². The summed E-state index contributed by atoms with van der Waals surface area (Å²) in [5.74, 6) is -1.99. The molecule has 12 heteroatoms. The zero-order valence-corrected chi connectivity index (χ0v) is 48.8. The number of allylic oxidation sites excluding steroid dienone is 16. The molecule has 0 radical (unpaired) electrons. The first-order chi connectivity index (χ1) is 33.3. The summed E-state index contributed by atoms with van der Waals surface area (Å²) in [4.78, 5) is 25.4. The van der Waals surface area contributed by atoms with Gasteiger partial charge in [0.15, 0.2) is 42.1 Å². The first-order valence-corrected chi connectivity index (χ1v) is 28.8. The fraction of sp³-hybridized carbons (Fsp3) is 0.567. The van der Waals surface area contributed by atoms with Gasteiger partial charge in [0.1, 0.15) is 12.2 Å². The topological polar surface area (TPSA) is 183 Å². The normalized spacial score (nSPS) is 14.7. The van der Waals surface area contributed by atoms with Crippen molar-refractivity contribution in [2.45, 2.75) is 211 Å². The lowest BCUT2D eigenvalue weighted by Gasteiger charge is -2.13. The predicted molar refractivity (Wildman–Crippen MR) is 305 cm³/mol. The molecule has 0 aromatic carbocycles. The molecule has 0 aliphatic carbocycles. The van der Waals surface area contributed by atoms with Crippen molar-refractivity contribution in [3.63, 3.8) is 0 Å². The van der Waals surface area contributed by atoms with E-state index < -0.39 is 65.8 Å². The monoisotopic (exact) mass is 1040 g/mol. The van der Waals surface area contributed by atoms with Crippen molar-refractivity contribution in [1.82, 2.24) is 0 Å². The number of sulfone groups is 2. The van der Waals surface area contributed by atoms with Crippen molar-refractivity contribution in [3.8, 4) is 0 Å². The number of aliphatic hydroxyl groups excluding tert-OH is 4. The van der Waals surface area contributed by atoms with E-state index in [2.05, 4.69) is 24.3 Å². The maximum Gasteiger partial charge on any atom is 0.188 e. The van der Waals surface area contributed by atoms with E-state index in [0.717, 1.165) is 72.0 Å². The fourth-order valence-corrected chi connectivity index (χ4v) is 9.52. The quantitative estimate of drug-likeness (QED) is 0.0374. The van der Waals surface area contributed by atoms with Crippen LogP contribution < -0.4 is 0 Å². The smallest absolute Gasteiger partial charge is 0.188 e. The van der Waals surface area contributed by atoms with Crippen LogP contribution in [0, 0.1) is 0 Å². The molecule has 0 amide bonds. The number of ketones is 2. The summed E-state index contributed by atoms with van der Waals surface area (Å²) in [6, 6.07) is 0. The molecule has 0 bridgehead atoms. The van der Waals surface area contributed by atoms with Crippen molar-refractivity contribution in [3.05, 3.63) is 140 Å². The van der Waals surface area contributed by atoms with E-state index in [4.69, 9.17) is 0 Å². The number of rotatable bonds is 32. The summed E-state index contributed by atoms with van der Waals surface area (Å²) in [5, 5.41) is 41.7. The van der Waals surface area contributed by atoms with Crippen molar-refractivity contribution in [1.29, 1.82) is 0 Å². The second-order valence-electron chi connectivity index (χ2n) is 20.7. The number of hydrogen-bond acceptors (Lipinski definition) is 10. The van der Waals surface area contributed by atoms with E-state index in [9.17, 15) is 46.9 Å². The van der Waals surface area contributed by atoms with Crippen LogP contribution in [0.2, 0.25) is 0 Å². The predicted octanol–water partition coefficient (Wildman–Crippen LogP) is 13.4. The minimum atomic E-state index is -3.94. The molecule has 0 spiro atoms. The number of carbonyl (C=O) groups excluding carboxylic acids is 2. The van der Waals surface area contributed by atoms with Crippen LogP contribution in [0.1, 0.15) is 188 Å². The Labute approximate surface area is 438 Å². The average molecular weight is 1040 g/mol. The third-order valence-corrected chi connectivity index (χ3v) is 14.2. The molecule has 0 rings (SSSR count). The number of carbonyl (C=O) groups is 2. The van der Waals surface area contributed by atoms with Gasteiger partial charge in [0.05, 0.1) is 11.5 Å². The maximum absolute atomic E-state index is 12.9. The van der Waals surface area contributed by atoms with Crippen LogP contribution in [0.3, 0.4) is 0 Å². The summed E-state index contributed by atoms with van der Waals surface area (Å²) in [5.41, 5.74) is 7.81. The van der Waals surface area contributed by atoms with Gasteiger partial charge in [0, 0.05) is 0 Å². The highest BCUT2D eigenvalue weighted by Gasteiger charge is 2.25. The molecule has 4 atom stereocenters. The highest BCUT2D eigenvalue weighted by atomic mass is 32.2. The molecule has 72 heavy (non-hydrogen) atoms. The van der Waals surface area contributed by atoms with E-state index in [1.54, 1.807) is 13.8 Å². The zero-order chi connectivity index (χ0) is 55.8. The van der Waals surface area contributed by atoms with Crippen molar-refractivity contribution in [2.24, 2.45) is 0 Å². The first-order valence-electron chi connectivity index (χ1n) is 25.4. The Morgan fingerprint density at radius 1 is 0.347 bits per heavy atom. The molecule has 4 N–H and O–H groups in total. The molecule has 0 saturated carbocycles. The molecule has 10 nitrogen and oxygen atoms in total. The summed E-state index contributed by atoms with van der Waals surface area (Å²) >= 11 is 0. The molecule has 0 aliphatic heterocycles. The number of aliphatic hydroxyl groups is 4.